The van der Waals surface area contributed by atoms with Gasteiger partial charge >= 0.3 is 0 Å². The Morgan fingerprint density at radius 1 is 1.11 bits per heavy atom. The molecule has 0 spiro atoms. The predicted octanol–water partition coefficient (Wildman–Crippen LogP) is 2.52. The second-order valence-corrected chi connectivity index (χ2v) is 9.94. The maximum absolute atomic E-state index is 12.6. The third kappa shape index (κ3) is 4.82. The number of hydrogen-bond acceptors (Lipinski definition) is 3. The average molecular weight is 393 g/mol. The molecule has 2 unspecified atom stereocenters. The van der Waals surface area contributed by atoms with Gasteiger partial charge in [0.1, 0.15) is 0 Å². The second-order valence-electron chi connectivity index (χ2n) is 8.01. The minimum absolute atomic E-state index is 0.385. The minimum atomic E-state index is -3.34. The van der Waals surface area contributed by atoms with Crippen molar-refractivity contribution in [2.75, 3.05) is 33.2 Å². The number of benzene rings is 1. The van der Waals surface area contributed by atoms with Gasteiger partial charge in [-0.15, -0.1) is 0 Å². The lowest BCUT2D eigenvalue weighted by molar-refractivity contribution is 0.208. The molecule has 0 amide bonds. The van der Waals surface area contributed by atoms with Crippen molar-refractivity contribution >= 4 is 16.0 Å². The normalized spacial score (nSPS) is 25.0. The summed E-state index contributed by atoms with van der Waals surface area (Å²) >= 11 is 0. The van der Waals surface area contributed by atoms with Crippen LogP contribution in [-0.2, 0) is 16.6 Å². The van der Waals surface area contributed by atoms with E-state index in [-0.39, 0.29) is 0 Å². The summed E-state index contributed by atoms with van der Waals surface area (Å²) in [7, 11) is -1.52. The molecule has 0 bridgehead atoms. The highest BCUT2D eigenvalue weighted by atomic mass is 32.2. The summed E-state index contributed by atoms with van der Waals surface area (Å²) in [4.78, 5) is 7.14. The van der Waals surface area contributed by atoms with Crippen LogP contribution in [0.1, 0.15) is 38.7 Å². The van der Waals surface area contributed by atoms with E-state index in [4.69, 9.17) is 0 Å². The molecule has 7 heteroatoms. The van der Waals surface area contributed by atoms with Gasteiger partial charge in [0.25, 0.3) is 0 Å². The van der Waals surface area contributed by atoms with Crippen LogP contribution in [0.2, 0.25) is 0 Å². The molecule has 1 aromatic carbocycles. The van der Waals surface area contributed by atoms with Gasteiger partial charge < -0.3 is 10.2 Å². The number of piperidine rings is 1. The summed E-state index contributed by atoms with van der Waals surface area (Å²) in [6.07, 6.45) is 3.17. The van der Waals surface area contributed by atoms with Gasteiger partial charge in [-0.1, -0.05) is 26.0 Å². The lowest BCUT2D eigenvalue weighted by atomic mass is 9.92. The standard InChI is InChI=1S/C20H32N4O2S/c1-16-12-17(2)15-23(14-16)20(21-3)22-13-18-6-8-19(9-7-18)27(25,26)24-10-4-5-11-24/h6-9,16-17H,4-5,10-15H2,1-3H3,(H,21,22). The van der Waals surface area contributed by atoms with Crippen LogP contribution in [0.4, 0.5) is 0 Å². The lowest BCUT2D eigenvalue weighted by Crippen LogP contribution is -2.48. The molecular weight excluding hydrogens is 360 g/mol. The summed E-state index contributed by atoms with van der Waals surface area (Å²) in [5.41, 5.74) is 1.05. The van der Waals surface area contributed by atoms with Crippen LogP contribution in [0.3, 0.4) is 0 Å². The van der Waals surface area contributed by atoms with E-state index in [9.17, 15) is 8.42 Å². The van der Waals surface area contributed by atoms with Crippen molar-refractivity contribution in [3.05, 3.63) is 29.8 Å². The van der Waals surface area contributed by atoms with Crippen molar-refractivity contribution in [3.8, 4) is 0 Å². The first-order chi connectivity index (χ1) is 12.9. The van der Waals surface area contributed by atoms with E-state index in [2.05, 4.69) is 29.1 Å². The largest absolute Gasteiger partial charge is 0.352 e. The van der Waals surface area contributed by atoms with Gasteiger partial charge in [0.05, 0.1) is 4.90 Å². The number of aliphatic imine (C=N–C) groups is 1. The highest BCUT2D eigenvalue weighted by molar-refractivity contribution is 7.89. The number of nitrogens with one attached hydrogen (secondary N) is 1. The van der Waals surface area contributed by atoms with E-state index < -0.39 is 10.0 Å². The maximum Gasteiger partial charge on any atom is 0.243 e. The summed E-state index contributed by atoms with van der Waals surface area (Å²) < 4.78 is 26.8. The molecule has 0 radical (unpaired) electrons. The Morgan fingerprint density at radius 2 is 1.70 bits per heavy atom. The van der Waals surface area contributed by atoms with Crippen molar-refractivity contribution in [1.29, 1.82) is 0 Å². The monoisotopic (exact) mass is 392 g/mol. The molecule has 0 aliphatic carbocycles. The Balaban J connectivity index is 1.61. The first-order valence-corrected chi connectivity index (χ1v) is 11.4. The number of likely N-dealkylation sites (tertiary alicyclic amines) is 1. The molecule has 6 nitrogen and oxygen atoms in total. The first kappa shape index (κ1) is 20.1. The SMILES string of the molecule is CN=C(NCc1ccc(S(=O)(=O)N2CCCC2)cc1)N1CC(C)CC(C)C1. The van der Waals surface area contributed by atoms with Gasteiger partial charge in [-0.05, 0) is 48.8 Å². The van der Waals surface area contributed by atoms with Crippen LogP contribution in [-0.4, -0.2) is 56.8 Å². The Morgan fingerprint density at radius 3 is 2.26 bits per heavy atom. The molecule has 0 saturated carbocycles. The molecule has 27 heavy (non-hydrogen) atoms. The predicted molar refractivity (Wildman–Crippen MR) is 109 cm³/mol. The van der Waals surface area contributed by atoms with E-state index in [0.717, 1.165) is 37.5 Å². The second kappa shape index (κ2) is 8.61. The fraction of sp³-hybridized carbons (Fsp3) is 0.650. The third-order valence-corrected chi connectivity index (χ3v) is 7.37. The zero-order valence-electron chi connectivity index (χ0n) is 16.7. The summed E-state index contributed by atoms with van der Waals surface area (Å²) in [6, 6.07) is 7.23. The number of guanidine groups is 1. The van der Waals surface area contributed by atoms with E-state index in [1.165, 1.54) is 6.42 Å². The van der Waals surface area contributed by atoms with Crippen LogP contribution in [0.15, 0.2) is 34.2 Å². The maximum atomic E-state index is 12.6. The van der Waals surface area contributed by atoms with Gasteiger partial charge in [-0.2, -0.15) is 4.31 Å². The molecule has 2 aliphatic rings. The van der Waals surface area contributed by atoms with E-state index in [0.29, 0.717) is 36.4 Å². The molecule has 2 aliphatic heterocycles. The van der Waals surface area contributed by atoms with E-state index in [1.807, 2.05) is 19.2 Å². The molecule has 0 aromatic heterocycles. The Labute approximate surface area is 163 Å². The van der Waals surface area contributed by atoms with Crippen LogP contribution < -0.4 is 5.32 Å². The van der Waals surface area contributed by atoms with Crippen molar-refractivity contribution in [2.24, 2.45) is 16.8 Å². The fourth-order valence-electron chi connectivity index (χ4n) is 4.21. The Bertz CT molecular complexity index is 745. The Kier molecular flexibility index (Phi) is 6.42. The molecule has 3 rings (SSSR count). The lowest BCUT2D eigenvalue weighted by Gasteiger charge is -2.37. The molecule has 2 saturated heterocycles. The highest BCUT2D eigenvalue weighted by Crippen LogP contribution is 2.22. The van der Waals surface area contributed by atoms with Gasteiger partial charge in [0, 0.05) is 39.8 Å². The van der Waals surface area contributed by atoms with Crippen molar-refractivity contribution in [2.45, 2.75) is 44.6 Å². The van der Waals surface area contributed by atoms with Crippen LogP contribution in [0.5, 0.6) is 0 Å². The van der Waals surface area contributed by atoms with Crippen LogP contribution >= 0.6 is 0 Å². The molecule has 150 valence electrons. The molecular formula is C20H32N4O2S. The van der Waals surface area contributed by atoms with Crippen molar-refractivity contribution in [1.82, 2.24) is 14.5 Å². The van der Waals surface area contributed by atoms with Gasteiger partial charge in [-0.3, -0.25) is 4.99 Å². The highest BCUT2D eigenvalue weighted by Gasteiger charge is 2.27. The molecule has 1 N–H and O–H groups in total. The number of rotatable bonds is 4. The van der Waals surface area contributed by atoms with E-state index >= 15 is 0 Å². The zero-order chi connectivity index (χ0) is 19.4. The zero-order valence-corrected chi connectivity index (χ0v) is 17.5. The molecule has 2 fully saturated rings. The summed E-state index contributed by atoms with van der Waals surface area (Å²) in [5.74, 6) is 2.26. The van der Waals surface area contributed by atoms with Crippen LogP contribution in [0.25, 0.3) is 0 Å². The number of sulfonamides is 1. The van der Waals surface area contributed by atoms with Gasteiger partial charge in [0.2, 0.25) is 10.0 Å². The molecule has 2 heterocycles. The quantitative estimate of drug-likeness (QED) is 0.632. The average Bonchev–Trinajstić information content (AvgIpc) is 3.17. The smallest absolute Gasteiger partial charge is 0.243 e. The summed E-state index contributed by atoms with van der Waals surface area (Å²) in [5, 5.41) is 3.43. The minimum Gasteiger partial charge on any atom is -0.352 e. The summed E-state index contributed by atoms with van der Waals surface area (Å²) in [6.45, 7) is 8.53. The topological polar surface area (TPSA) is 65.0 Å². The van der Waals surface area contributed by atoms with Crippen LogP contribution in [0, 0.1) is 11.8 Å². The van der Waals surface area contributed by atoms with Crippen molar-refractivity contribution in [3.63, 3.8) is 0 Å². The fourth-order valence-corrected chi connectivity index (χ4v) is 5.72. The van der Waals surface area contributed by atoms with E-state index in [1.54, 1.807) is 16.4 Å². The first-order valence-electron chi connectivity index (χ1n) is 9.95. The Hall–Kier alpha value is -1.60. The van der Waals surface area contributed by atoms with Gasteiger partial charge in [0.15, 0.2) is 5.96 Å². The third-order valence-electron chi connectivity index (χ3n) is 5.46. The van der Waals surface area contributed by atoms with Crippen molar-refractivity contribution < 1.29 is 8.42 Å². The molecule has 2 atom stereocenters. The molecule has 1 aromatic rings. The number of hydrogen-bond donors (Lipinski definition) is 1. The van der Waals surface area contributed by atoms with Gasteiger partial charge in [-0.25, -0.2) is 8.42 Å². The number of nitrogens with zero attached hydrogens (tertiary/aromatic N) is 3.